The average Bonchev–Trinajstić information content (AvgIpc) is 2.94. The van der Waals surface area contributed by atoms with Gasteiger partial charge in [-0.2, -0.15) is 4.65 Å². The molecule has 0 radical (unpaired) electrons. The van der Waals surface area contributed by atoms with Crippen LogP contribution in [0.4, 0.5) is 5.69 Å². The maximum Gasteiger partial charge on any atom is 0.205 e. The molecular weight excluding hydrogens is 376 g/mol. The van der Waals surface area contributed by atoms with Crippen LogP contribution in [-0.2, 0) is 5.41 Å². The highest BCUT2D eigenvalue weighted by molar-refractivity contribution is 9.10. The molecule has 3 rings (SSSR count). The van der Waals surface area contributed by atoms with E-state index in [0.29, 0.717) is 0 Å². The summed E-state index contributed by atoms with van der Waals surface area (Å²) in [4.78, 5) is 2.42. The maximum absolute atomic E-state index is 11.2. The Kier molecular flexibility index (Phi) is 4.91. The number of nitrogens with zero attached hydrogens (tertiary/aromatic N) is 2. The van der Waals surface area contributed by atoms with Crippen LogP contribution in [0.2, 0.25) is 0 Å². The van der Waals surface area contributed by atoms with Crippen LogP contribution in [0.5, 0.6) is 0 Å². The van der Waals surface area contributed by atoms with Gasteiger partial charge < -0.3 is 4.90 Å². The molecule has 1 N–H and O–H groups in total. The third-order valence-electron chi connectivity index (χ3n) is 5.70. The minimum atomic E-state index is -0.0215. The third-order valence-corrected chi connectivity index (χ3v) is 6.20. The lowest BCUT2D eigenvalue weighted by atomic mass is 9.76. The first-order chi connectivity index (χ1) is 11.7. The molecule has 1 aromatic carbocycles. The molecule has 2 heterocycles. The van der Waals surface area contributed by atoms with Crippen molar-refractivity contribution in [1.82, 2.24) is 0 Å². The Morgan fingerprint density at radius 2 is 1.96 bits per heavy atom. The van der Waals surface area contributed by atoms with Gasteiger partial charge in [0.05, 0.1) is 5.41 Å². The number of anilines is 1. The Labute approximate surface area is 160 Å². The van der Waals surface area contributed by atoms with Crippen LogP contribution < -0.4 is 4.90 Å². The number of hydrogen-bond donors (Lipinski definition) is 1. The quantitative estimate of drug-likeness (QED) is 0.535. The fraction of sp³-hybridized carbons (Fsp3) is 0.524. The SMILES string of the molecule is CC(C)=CCN1c2cc(Br)ccc2[C@]2(CC=C(C)C)CC[N@+](C)(O)[C@H]12. The van der Waals surface area contributed by atoms with E-state index < -0.39 is 0 Å². The zero-order chi connectivity index (χ0) is 18.4. The van der Waals surface area contributed by atoms with Gasteiger partial charge in [0.2, 0.25) is 6.17 Å². The number of hydroxylamine groups is 3. The normalized spacial score (nSPS) is 30.0. The second-order valence-corrected chi connectivity index (χ2v) is 9.21. The fourth-order valence-electron chi connectivity index (χ4n) is 4.56. The molecule has 3 nitrogen and oxygen atoms in total. The number of fused-ring (bicyclic) bond motifs is 3. The van der Waals surface area contributed by atoms with Crippen molar-refractivity contribution in [2.24, 2.45) is 0 Å². The number of benzene rings is 1. The Bertz CT molecular complexity index is 729. The summed E-state index contributed by atoms with van der Waals surface area (Å²) in [6.45, 7) is 10.2. The zero-order valence-corrected chi connectivity index (χ0v) is 17.6. The second-order valence-electron chi connectivity index (χ2n) is 8.30. The Balaban J connectivity index is 2.16. The van der Waals surface area contributed by atoms with Crippen LogP contribution in [-0.4, -0.2) is 36.2 Å². The molecule has 0 unspecified atom stereocenters. The summed E-state index contributed by atoms with van der Waals surface area (Å²) >= 11 is 3.64. The van der Waals surface area contributed by atoms with Crippen molar-refractivity contribution in [3.05, 3.63) is 51.5 Å². The van der Waals surface area contributed by atoms with E-state index in [9.17, 15) is 5.21 Å². The number of hydrogen-bond acceptors (Lipinski definition) is 2. The largest absolute Gasteiger partial charge is 0.315 e. The van der Waals surface area contributed by atoms with Gasteiger partial charge in [0.15, 0.2) is 0 Å². The highest BCUT2D eigenvalue weighted by Crippen LogP contribution is 2.56. The summed E-state index contributed by atoms with van der Waals surface area (Å²) in [6, 6.07) is 6.63. The molecular formula is C21H30BrN2O+. The molecule has 1 aromatic rings. The molecule has 3 atom stereocenters. The zero-order valence-electron chi connectivity index (χ0n) is 16.0. The second kappa shape index (κ2) is 6.57. The highest BCUT2D eigenvalue weighted by Gasteiger charge is 2.64. The van der Waals surface area contributed by atoms with Gasteiger partial charge in [0, 0.05) is 23.1 Å². The minimum absolute atomic E-state index is 0.0215. The average molecular weight is 406 g/mol. The van der Waals surface area contributed by atoms with Crippen molar-refractivity contribution < 1.29 is 9.85 Å². The summed E-state index contributed by atoms with van der Waals surface area (Å²) in [5.41, 5.74) is 5.28. The number of rotatable bonds is 4. The molecule has 0 amide bonds. The van der Waals surface area contributed by atoms with Crippen molar-refractivity contribution >= 4 is 21.6 Å². The van der Waals surface area contributed by atoms with Gasteiger partial charge in [-0.05, 0) is 51.8 Å². The van der Waals surface area contributed by atoms with E-state index in [0.717, 1.165) is 30.4 Å². The number of allylic oxidation sites excluding steroid dienone is 3. The molecule has 4 heteroatoms. The highest BCUT2D eigenvalue weighted by atomic mass is 79.9. The Morgan fingerprint density at radius 1 is 1.28 bits per heavy atom. The molecule has 25 heavy (non-hydrogen) atoms. The van der Waals surface area contributed by atoms with Gasteiger partial charge in [-0.3, -0.25) is 0 Å². The van der Waals surface area contributed by atoms with E-state index >= 15 is 0 Å². The summed E-state index contributed by atoms with van der Waals surface area (Å²) in [7, 11) is 1.96. The standard InChI is InChI=1S/C21H30BrN2O/c1-15(2)8-10-21-11-13-24(5,25)20(21)23(12-9-16(3)4)19-14-17(22)6-7-18(19)21/h6-9,14,20,25H,10-13H2,1-5H3/q+1/t20-,21-,24-/m0/s1. The van der Waals surface area contributed by atoms with Crippen LogP contribution in [0.3, 0.4) is 0 Å². The summed E-state index contributed by atoms with van der Waals surface area (Å²) in [5, 5.41) is 11.2. The maximum atomic E-state index is 11.2. The number of likely N-dealkylation sites (N-methyl/N-ethyl adjacent to an activating group) is 1. The summed E-state index contributed by atoms with van der Waals surface area (Å²) in [6.07, 6.45) is 6.65. The van der Waals surface area contributed by atoms with Crippen molar-refractivity contribution in [2.45, 2.75) is 52.1 Å². The van der Waals surface area contributed by atoms with E-state index in [1.807, 2.05) is 7.05 Å². The molecule has 2 aliphatic rings. The van der Waals surface area contributed by atoms with Crippen LogP contribution >= 0.6 is 15.9 Å². The van der Waals surface area contributed by atoms with Crippen molar-refractivity contribution in [2.75, 3.05) is 25.0 Å². The van der Waals surface area contributed by atoms with Gasteiger partial charge >= 0.3 is 0 Å². The molecule has 0 saturated carbocycles. The Hall–Kier alpha value is -1.10. The lowest BCUT2D eigenvalue weighted by Crippen LogP contribution is -2.58. The van der Waals surface area contributed by atoms with E-state index in [1.165, 1.54) is 22.4 Å². The summed E-state index contributed by atoms with van der Waals surface area (Å²) in [5.74, 6) is 0. The molecule has 0 spiro atoms. The van der Waals surface area contributed by atoms with E-state index in [4.69, 9.17) is 0 Å². The van der Waals surface area contributed by atoms with Crippen LogP contribution in [0, 0.1) is 0 Å². The van der Waals surface area contributed by atoms with Crippen LogP contribution in [0.25, 0.3) is 0 Å². The first-order valence-electron chi connectivity index (χ1n) is 9.09. The molecule has 1 saturated heterocycles. The number of quaternary nitrogens is 1. The predicted octanol–water partition coefficient (Wildman–Crippen LogP) is 5.40. The van der Waals surface area contributed by atoms with Crippen molar-refractivity contribution in [1.29, 1.82) is 0 Å². The van der Waals surface area contributed by atoms with Crippen molar-refractivity contribution in [3.63, 3.8) is 0 Å². The number of likely N-dealkylation sites (tertiary alicyclic amines) is 1. The first-order valence-corrected chi connectivity index (χ1v) is 9.88. The van der Waals surface area contributed by atoms with Gasteiger partial charge in [-0.15, -0.1) is 0 Å². The fourth-order valence-corrected chi connectivity index (χ4v) is 4.91. The summed E-state index contributed by atoms with van der Waals surface area (Å²) < 4.78 is 1.16. The predicted molar refractivity (Wildman–Crippen MR) is 108 cm³/mol. The van der Waals surface area contributed by atoms with Gasteiger partial charge in [-0.1, -0.05) is 45.3 Å². The van der Waals surface area contributed by atoms with Gasteiger partial charge in [0.25, 0.3) is 0 Å². The third kappa shape index (κ3) is 3.20. The molecule has 2 aliphatic heterocycles. The molecule has 0 aromatic heterocycles. The van der Waals surface area contributed by atoms with E-state index in [1.54, 1.807) is 0 Å². The lowest BCUT2D eigenvalue weighted by Gasteiger charge is -2.37. The van der Waals surface area contributed by atoms with Gasteiger partial charge in [0.1, 0.15) is 13.6 Å². The monoisotopic (exact) mass is 405 g/mol. The molecule has 136 valence electrons. The Morgan fingerprint density at radius 3 is 2.60 bits per heavy atom. The van der Waals surface area contributed by atoms with Crippen molar-refractivity contribution in [3.8, 4) is 0 Å². The molecule has 0 bridgehead atoms. The van der Waals surface area contributed by atoms with Gasteiger partial charge in [-0.25, -0.2) is 5.21 Å². The molecule has 0 aliphatic carbocycles. The van der Waals surface area contributed by atoms with E-state index in [2.05, 4.69) is 78.9 Å². The lowest BCUT2D eigenvalue weighted by molar-refractivity contribution is -1.10. The molecule has 1 fully saturated rings. The van der Waals surface area contributed by atoms with Crippen LogP contribution in [0.1, 0.15) is 46.1 Å². The minimum Gasteiger partial charge on any atom is -0.315 e. The topological polar surface area (TPSA) is 23.5 Å². The first kappa shape index (κ1) is 18.7. The smallest absolute Gasteiger partial charge is 0.205 e. The van der Waals surface area contributed by atoms with E-state index in [-0.39, 0.29) is 16.2 Å². The van der Waals surface area contributed by atoms with Crippen LogP contribution in [0.15, 0.2) is 46.0 Å². The number of halogens is 1.